The summed E-state index contributed by atoms with van der Waals surface area (Å²) in [5.41, 5.74) is 0.459. The molecule has 0 unspecified atom stereocenters. The molecule has 5 nitrogen and oxygen atoms in total. The fourth-order valence-electron chi connectivity index (χ4n) is 2.67. The Morgan fingerprint density at radius 3 is 2.14 bits per heavy atom. The van der Waals surface area contributed by atoms with Gasteiger partial charge in [-0.05, 0) is 42.0 Å². The van der Waals surface area contributed by atoms with E-state index in [2.05, 4.69) is 5.32 Å². The van der Waals surface area contributed by atoms with E-state index < -0.39 is 34.1 Å². The van der Waals surface area contributed by atoms with Crippen LogP contribution in [0, 0.1) is 11.6 Å². The number of hydrogen-bond donors (Lipinski definition) is 1. The molecule has 8 heteroatoms. The molecule has 3 rings (SSSR count). The maximum atomic E-state index is 13.8. The lowest BCUT2D eigenvalue weighted by molar-refractivity contribution is -0.116. The highest BCUT2D eigenvalue weighted by Crippen LogP contribution is 2.19. The smallest absolute Gasteiger partial charge is 0.243 e. The Kier molecular flexibility index (Phi) is 6.36. The number of amides is 1. The zero-order valence-corrected chi connectivity index (χ0v) is 16.1. The average Bonchev–Trinajstić information content (AvgIpc) is 2.71. The van der Waals surface area contributed by atoms with Crippen molar-refractivity contribution in [1.82, 2.24) is 4.31 Å². The number of sulfonamides is 1. The number of halogens is 2. The Hall–Kier alpha value is -3.10. The minimum atomic E-state index is -4.02. The minimum Gasteiger partial charge on any atom is -0.322 e. The Balaban J connectivity index is 1.87. The molecule has 0 atom stereocenters. The molecule has 29 heavy (non-hydrogen) atoms. The third-order valence-electron chi connectivity index (χ3n) is 4.12. The van der Waals surface area contributed by atoms with Crippen molar-refractivity contribution in [2.45, 2.75) is 11.4 Å². The van der Waals surface area contributed by atoms with Crippen molar-refractivity contribution in [1.29, 1.82) is 0 Å². The fraction of sp³-hybridized carbons (Fsp3) is 0.0952. The summed E-state index contributed by atoms with van der Waals surface area (Å²) in [5.74, 6) is -1.78. The Morgan fingerprint density at radius 1 is 0.862 bits per heavy atom. The summed E-state index contributed by atoms with van der Waals surface area (Å²) in [6.45, 7) is -0.689. The van der Waals surface area contributed by atoms with Gasteiger partial charge < -0.3 is 5.32 Å². The average molecular weight is 416 g/mol. The highest BCUT2D eigenvalue weighted by atomic mass is 32.2. The summed E-state index contributed by atoms with van der Waals surface area (Å²) in [7, 11) is -4.02. The fourth-order valence-corrected chi connectivity index (χ4v) is 4.08. The molecule has 0 heterocycles. The maximum Gasteiger partial charge on any atom is 0.243 e. The molecule has 0 fully saturated rings. The largest absolute Gasteiger partial charge is 0.322 e. The van der Waals surface area contributed by atoms with Crippen LogP contribution in [0.2, 0.25) is 0 Å². The number of nitrogens with zero attached hydrogens (tertiary/aromatic N) is 1. The van der Waals surface area contributed by atoms with Crippen molar-refractivity contribution < 1.29 is 22.0 Å². The summed E-state index contributed by atoms with van der Waals surface area (Å²) in [6, 6.07) is 18.6. The number of carbonyl (C=O) groups is 1. The SMILES string of the molecule is O=C(CN(Cc1ccc(F)cc1)S(=O)(=O)c1ccccc1)Nc1ccccc1F. The number of nitrogens with one attached hydrogen (secondary N) is 1. The molecule has 3 aromatic rings. The van der Waals surface area contributed by atoms with Crippen LogP contribution < -0.4 is 5.32 Å². The number of para-hydroxylation sites is 1. The van der Waals surface area contributed by atoms with Gasteiger partial charge in [0, 0.05) is 6.54 Å². The normalized spacial score (nSPS) is 11.4. The highest BCUT2D eigenvalue weighted by molar-refractivity contribution is 7.89. The Morgan fingerprint density at radius 2 is 1.48 bits per heavy atom. The minimum absolute atomic E-state index is 0.0146. The first-order valence-electron chi connectivity index (χ1n) is 8.70. The lowest BCUT2D eigenvalue weighted by Crippen LogP contribution is -2.37. The molecule has 0 aromatic heterocycles. The molecular formula is C21H18F2N2O3S. The molecule has 1 N–H and O–H groups in total. The van der Waals surface area contributed by atoms with E-state index in [1.807, 2.05) is 0 Å². The van der Waals surface area contributed by atoms with Gasteiger partial charge in [-0.15, -0.1) is 0 Å². The van der Waals surface area contributed by atoms with Crippen molar-refractivity contribution in [2.75, 3.05) is 11.9 Å². The third kappa shape index (κ3) is 5.24. The highest BCUT2D eigenvalue weighted by Gasteiger charge is 2.27. The van der Waals surface area contributed by atoms with Crippen molar-refractivity contribution in [3.8, 4) is 0 Å². The topological polar surface area (TPSA) is 66.5 Å². The summed E-state index contributed by atoms with van der Waals surface area (Å²) in [6.07, 6.45) is 0. The molecule has 0 aliphatic carbocycles. The van der Waals surface area contributed by atoms with Crippen LogP contribution in [0.4, 0.5) is 14.5 Å². The number of anilines is 1. The van der Waals surface area contributed by atoms with E-state index in [-0.39, 0.29) is 17.1 Å². The van der Waals surface area contributed by atoms with Gasteiger partial charge in [0.25, 0.3) is 0 Å². The first-order chi connectivity index (χ1) is 13.9. The van der Waals surface area contributed by atoms with E-state index in [4.69, 9.17) is 0 Å². The van der Waals surface area contributed by atoms with Gasteiger partial charge in [0.15, 0.2) is 0 Å². The summed E-state index contributed by atoms with van der Waals surface area (Å²) in [5, 5.41) is 2.38. The number of carbonyl (C=O) groups excluding carboxylic acids is 1. The maximum absolute atomic E-state index is 13.8. The number of hydrogen-bond acceptors (Lipinski definition) is 3. The molecule has 150 valence electrons. The molecular weight excluding hydrogens is 398 g/mol. The summed E-state index contributed by atoms with van der Waals surface area (Å²) < 4.78 is 54.0. The molecule has 0 spiro atoms. The standard InChI is InChI=1S/C21H18F2N2O3S/c22-17-12-10-16(11-13-17)14-25(29(27,28)18-6-2-1-3-7-18)15-21(26)24-20-9-5-4-8-19(20)23/h1-13H,14-15H2,(H,24,26). The predicted molar refractivity (Wildman–Crippen MR) is 105 cm³/mol. The van der Waals surface area contributed by atoms with Crippen LogP contribution in [0.15, 0.2) is 83.8 Å². The van der Waals surface area contributed by atoms with Crippen LogP contribution in [0.5, 0.6) is 0 Å². The van der Waals surface area contributed by atoms with Gasteiger partial charge >= 0.3 is 0 Å². The van der Waals surface area contributed by atoms with Gasteiger partial charge in [-0.3, -0.25) is 4.79 Å². The number of benzene rings is 3. The number of rotatable bonds is 7. The van der Waals surface area contributed by atoms with Gasteiger partial charge in [-0.25, -0.2) is 17.2 Å². The summed E-state index contributed by atoms with van der Waals surface area (Å²) >= 11 is 0. The quantitative estimate of drug-likeness (QED) is 0.637. The van der Waals surface area contributed by atoms with Crippen molar-refractivity contribution in [3.05, 3.63) is 96.1 Å². The van der Waals surface area contributed by atoms with E-state index in [1.165, 1.54) is 54.6 Å². The van der Waals surface area contributed by atoms with Crippen molar-refractivity contribution in [3.63, 3.8) is 0 Å². The van der Waals surface area contributed by atoms with Gasteiger partial charge in [-0.1, -0.05) is 42.5 Å². The molecule has 1 amide bonds. The van der Waals surface area contributed by atoms with Gasteiger partial charge in [0.1, 0.15) is 11.6 Å². The second kappa shape index (κ2) is 8.93. The molecule has 0 saturated carbocycles. The second-order valence-corrected chi connectivity index (χ2v) is 8.18. The molecule has 0 saturated heterocycles. The zero-order valence-electron chi connectivity index (χ0n) is 15.3. The van der Waals surface area contributed by atoms with Crippen LogP contribution in [0.1, 0.15) is 5.56 Å². The van der Waals surface area contributed by atoms with Crippen LogP contribution in [0.25, 0.3) is 0 Å². The Bertz CT molecular complexity index is 1090. The van der Waals surface area contributed by atoms with E-state index >= 15 is 0 Å². The van der Waals surface area contributed by atoms with E-state index in [0.717, 1.165) is 4.31 Å². The van der Waals surface area contributed by atoms with E-state index in [1.54, 1.807) is 24.3 Å². The van der Waals surface area contributed by atoms with E-state index in [0.29, 0.717) is 5.56 Å². The van der Waals surface area contributed by atoms with Crippen LogP contribution >= 0.6 is 0 Å². The van der Waals surface area contributed by atoms with Crippen LogP contribution in [-0.2, 0) is 21.4 Å². The third-order valence-corrected chi connectivity index (χ3v) is 5.93. The predicted octanol–water partition coefficient (Wildman–Crippen LogP) is 3.79. The van der Waals surface area contributed by atoms with Gasteiger partial charge in [-0.2, -0.15) is 4.31 Å². The van der Waals surface area contributed by atoms with Gasteiger partial charge in [0.2, 0.25) is 15.9 Å². The molecule has 0 aliphatic heterocycles. The first kappa shape index (κ1) is 20.6. The molecule has 0 bridgehead atoms. The molecule has 0 aliphatic rings. The van der Waals surface area contributed by atoms with Crippen LogP contribution in [0.3, 0.4) is 0 Å². The lowest BCUT2D eigenvalue weighted by atomic mass is 10.2. The summed E-state index contributed by atoms with van der Waals surface area (Å²) in [4.78, 5) is 12.5. The Labute approximate surface area is 167 Å². The van der Waals surface area contributed by atoms with E-state index in [9.17, 15) is 22.0 Å². The second-order valence-electron chi connectivity index (χ2n) is 6.24. The molecule has 3 aromatic carbocycles. The van der Waals surface area contributed by atoms with Crippen molar-refractivity contribution >= 4 is 21.6 Å². The monoisotopic (exact) mass is 416 g/mol. The molecule has 0 radical (unpaired) electrons. The van der Waals surface area contributed by atoms with Crippen LogP contribution in [-0.4, -0.2) is 25.2 Å². The zero-order chi connectivity index (χ0) is 20.9. The first-order valence-corrected chi connectivity index (χ1v) is 10.1. The van der Waals surface area contributed by atoms with Gasteiger partial charge in [0.05, 0.1) is 17.1 Å². The lowest BCUT2D eigenvalue weighted by Gasteiger charge is -2.22. The van der Waals surface area contributed by atoms with Crippen molar-refractivity contribution in [2.24, 2.45) is 0 Å².